The van der Waals surface area contributed by atoms with Gasteiger partial charge in [0.2, 0.25) is 5.78 Å². The fourth-order valence-electron chi connectivity index (χ4n) is 2.76. The molecule has 0 aromatic heterocycles. The highest BCUT2D eigenvalue weighted by Gasteiger charge is 2.25. The van der Waals surface area contributed by atoms with Crippen molar-refractivity contribution in [2.45, 2.75) is 12.5 Å². The Balaban J connectivity index is 1.66. The molecule has 0 spiro atoms. The summed E-state index contributed by atoms with van der Waals surface area (Å²) in [5, 5.41) is 2.72. The summed E-state index contributed by atoms with van der Waals surface area (Å²) in [5.41, 5.74) is 2.27. The van der Waals surface area contributed by atoms with Gasteiger partial charge in [-0.3, -0.25) is 4.79 Å². The molecule has 0 heterocycles. The molecule has 4 nitrogen and oxygen atoms in total. The standard InChI is InChI=1S/C23H21NO3/c25-21(19-12-6-2-7-13-19)22(20-14-8-3-9-15-20)27-23(26)24-17-16-18-10-4-1-5-11-18/h1-15,22H,16-17H2,(H,24,26). The molecule has 0 aliphatic heterocycles. The van der Waals surface area contributed by atoms with Crippen LogP contribution in [0.25, 0.3) is 0 Å². The second-order valence-electron chi connectivity index (χ2n) is 6.09. The first-order valence-corrected chi connectivity index (χ1v) is 8.86. The molecule has 0 radical (unpaired) electrons. The molecule has 3 aromatic carbocycles. The van der Waals surface area contributed by atoms with Crippen molar-refractivity contribution in [3.05, 3.63) is 108 Å². The average Bonchev–Trinajstić information content (AvgIpc) is 2.73. The zero-order valence-corrected chi connectivity index (χ0v) is 14.9. The smallest absolute Gasteiger partial charge is 0.408 e. The van der Waals surface area contributed by atoms with Crippen molar-refractivity contribution in [2.24, 2.45) is 0 Å². The van der Waals surface area contributed by atoms with Gasteiger partial charge in [0.1, 0.15) is 0 Å². The van der Waals surface area contributed by atoms with E-state index in [0.717, 1.165) is 5.56 Å². The van der Waals surface area contributed by atoms with Gasteiger partial charge in [0, 0.05) is 17.7 Å². The lowest BCUT2D eigenvalue weighted by atomic mass is 10.00. The molecule has 136 valence electrons. The first-order valence-electron chi connectivity index (χ1n) is 8.86. The first kappa shape index (κ1) is 18.4. The van der Waals surface area contributed by atoms with Gasteiger partial charge in [-0.1, -0.05) is 91.0 Å². The van der Waals surface area contributed by atoms with E-state index in [-0.39, 0.29) is 5.78 Å². The van der Waals surface area contributed by atoms with Crippen molar-refractivity contribution in [3.8, 4) is 0 Å². The van der Waals surface area contributed by atoms with Gasteiger partial charge in [0.15, 0.2) is 6.10 Å². The number of hydrogen-bond acceptors (Lipinski definition) is 3. The number of Topliss-reactive ketones (excluding diaryl/α,β-unsaturated/α-hetero) is 1. The van der Waals surface area contributed by atoms with E-state index in [9.17, 15) is 9.59 Å². The number of ketones is 1. The number of carbonyl (C=O) groups is 2. The lowest BCUT2D eigenvalue weighted by Crippen LogP contribution is -2.30. The summed E-state index contributed by atoms with van der Waals surface area (Å²) in [4.78, 5) is 25.1. The molecule has 1 amide bonds. The highest BCUT2D eigenvalue weighted by molar-refractivity contribution is 6.00. The van der Waals surface area contributed by atoms with Crippen molar-refractivity contribution in [3.63, 3.8) is 0 Å². The normalized spacial score (nSPS) is 11.4. The van der Waals surface area contributed by atoms with Gasteiger partial charge >= 0.3 is 6.09 Å². The minimum atomic E-state index is -0.981. The van der Waals surface area contributed by atoms with E-state index in [1.165, 1.54) is 0 Å². The topological polar surface area (TPSA) is 55.4 Å². The van der Waals surface area contributed by atoms with Crippen LogP contribution in [0.1, 0.15) is 27.6 Å². The fourth-order valence-corrected chi connectivity index (χ4v) is 2.76. The van der Waals surface area contributed by atoms with E-state index in [0.29, 0.717) is 24.1 Å². The predicted molar refractivity (Wildman–Crippen MR) is 105 cm³/mol. The second-order valence-corrected chi connectivity index (χ2v) is 6.09. The minimum Gasteiger partial charge on any atom is -0.433 e. The Kier molecular flexibility index (Phi) is 6.36. The SMILES string of the molecule is O=C(NCCc1ccccc1)OC(C(=O)c1ccccc1)c1ccccc1. The third-order valence-corrected chi connectivity index (χ3v) is 4.15. The monoisotopic (exact) mass is 359 g/mol. The fraction of sp³-hybridized carbons (Fsp3) is 0.130. The number of alkyl carbamates (subject to hydrolysis) is 1. The highest BCUT2D eigenvalue weighted by Crippen LogP contribution is 2.22. The third kappa shape index (κ3) is 5.28. The van der Waals surface area contributed by atoms with Gasteiger partial charge in [-0.05, 0) is 12.0 Å². The number of rotatable bonds is 7. The molecule has 0 saturated heterocycles. The molecule has 0 bridgehead atoms. The van der Waals surface area contributed by atoms with Crippen LogP contribution < -0.4 is 5.32 Å². The summed E-state index contributed by atoms with van der Waals surface area (Å²) in [7, 11) is 0. The molecule has 1 unspecified atom stereocenters. The van der Waals surface area contributed by atoms with E-state index >= 15 is 0 Å². The summed E-state index contributed by atoms with van der Waals surface area (Å²) in [5.74, 6) is -0.250. The van der Waals surface area contributed by atoms with Gasteiger partial charge in [0.25, 0.3) is 0 Å². The zero-order valence-electron chi connectivity index (χ0n) is 14.9. The quantitative estimate of drug-likeness (QED) is 0.628. The number of hydrogen-bond donors (Lipinski definition) is 1. The number of carbonyl (C=O) groups excluding carboxylic acids is 2. The van der Waals surface area contributed by atoms with Crippen LogP contribution in [0.5, 0.6) is 0 Å². The molecule has 3 rings (SSSR count). The molecule has 3 aromatic rings. The summed E-state index contributed by atoms with van der Waals surface area (Å²) in [6, 6.07) is 27.8. The van der Waals surface area contributed by atoms with Crippen LogP contribution in [0.2, 0.25) is 0 Å². The minimum absolute atomic E-state index is 0.250. The van der Waals surface area contributed by atoms with E-state index in [1.54, 1.807) is 36.4 Å². The predicted octanol–water partition coefficient (Wildman–Crippen LogP) is 4.58. The van der Waals surface area contributed by atoms with Crippen LogP contribution in [-0.2, 0) is 11.2 Å². The third-order valence-electron chi connectivity index (χ3n) is 4.15. The Morgan fingerprint density at radius 3 is 1.96 bits per heavy atom. The van der Waals surface area contributed by atoms with Gasteiger partial charge < -0.3 is 10.1 Å². The Hall–Kier alpha value is -3.40. The van der Waals surface area contributed by atoms with E-state index < -0.39 is 12.2 Å². The van der Waals surface area contributed by atoms with Crippen molar-refractivity contribution in [1.82, 2.24) is 5.32 Å². The van der Waals surface area contributed by atoms with Crippen molar-refractivity contribution < 1.29 is 14.3 Å². The Morgan fingerprint density at radius 1 is 0.778 bits per heavy atom. The lowest BCUT2D eigenvalue weighted by molar-refractivity contribution is 0.0628. The van der Waals surface area contributed by atoms with Crippen LogP contribution in [0.4, 0.5) is 4.79 Å². The van der Waals surface area contributed by atoms with Crippen LogP contribution in [0.15, 0.2) is 91.0 Å². The number of ether oxygens (including phenoxy) is 1. The maximum atomic E-state index is 12.9. The maximum absolute atomic E-state index is 12.9. The molecular formula is C23H21NO3. The van der Waals surface area contributed by atoms with E-state index in [2.05, 4.69) is 5.32 Å². The number of nitrogens with one attached hydrogen (secondary N) is 1. The maximum Gasteiger partial charge on any atom is 0.408 e. The lowest BCUT2D eigenvalue weighted by Gasteiger charge is -2.18. The van der Waals surface area contributed by atoms with Crippen molar-refractivity contribution >= 4 is 11.9 Å². The highest BCUT2D eigenvalue weighted by atomic mass is 16.6. The summed E-state index contributed by atoms with van der Waals surface area (Å²) in [6.45, 7) is 0.434. The van der Waals surface area contributed by atoms with Crippen molar-refractivity contribution in [1.29, 1.82) is 0 Å². The summed E-state index contributed by atoms with van der Waals surface area (Å²) in [6.07, 6.45) is -0.895. The number of benzene rings is 3. The second kappa shape index (κ2) is 9.34. The Morgan fingerprint density at radius 2 is 1.33 bits per heavy atom. The molecule has 0 fully saturated rings. The van der Waals surface area contributed by atoms with Gasteiger partial charge in [-0.15, -0.1) is 0 Å². The summed E-state index contributed by atoms with van der Waals surface area (Å²) >= 11 is 0. The Bertz CT molecular complexity index is 864. The van der Waals surface area contributed by atoms with Crippen LogP contribution in [-0.4, -0.2) is 18.4 Å². The van der Waals surface area contributed by atoms with Crippen LogP contribution >= 0.6 is 0 Å². The van der Waals surface area contributed by atoms with Crippen LogP contribution in [0.3, 0.4) is 0 Å². The Labute approximate surface area is 158 Å². The van der Waals surface area contributed by atoms with Gasteiger partial charge in [0.05, 0.1) is 0 Å². The van der Waals surface area contributed by atoms with Crippen molar-refractivity contribution in [2.75, 3.05) is 6.54 Å². The molecule has 4 heteroatoms. The zero-order chi connectivity index (χ0) is 18.9. The summed E-state index contributed by atoms with van der Waals surface area (Å²) < 4.78 is 5.49. The molecule has 0 aliphatic rings. The molecule has 0 saturated carbocycles. The van der Waals surface area contributed by atoms with E-state index in [4.69, 9.17) is 4.74 Å². The largest absolute Gasteiger partial charge is 0.433 e. The molecule has 1 atom stereocenters. The molecule has 1 N–H and O–H groups in total. The first-order chi connectivity index (χ1) is 13.2. The molecule has 27 heavy (non-hydrogen) atoms. The van der Waals surface area contributed by atoms with Gasteiger partial charge in [-0.2, -0.15) is 0 Å². The molecular weight excluding hydrogens is 338 g/mol. The van der Waals surface area contributed by atoms with Crippen LogP contribution in [0, 0.1) is 0 Å². The molecule has 0 aliphatic carbocycles. The van der Waals surface area contributed by atoms with E-state index in [1.807, 2.05) is 54.6 Å². The van der Waals surface area contributed by atoms with Gasteiger partial charge in [-0.25, -0.2) is 4.79 Å². The number of amides is 1. The average molecular weight is 359 g/mol.